The average molecular weight is 291 g/mol. The first-order chi connectivity index (χ1) is 9.66. The van der Waals surface area contributed by atoms with Gasteiger partial charge in [0, 0.05) is 28.8 Å². The Morgan fingerprint density at radius 2 is 1.95 bits per heavy atom. The Kier molecular flexibility index (Phi) is 5.44. The first-order valence-corrected chi connectivity index (χ1v) is 7.55. The van der Waals surface area contributed by atoms with Crippen LogP contribution in [0.15, 0.2) is 53.4 Å². The lowest BCUT2D eigenvalue weighted by molar-refractivity contribution is 0.451. The molecule has 0 saturated heterocycles. The van der Waals surface area contributed by atoms with Crippen molar-refractivity contribution in [1.29, 1.82) is 0 Å². The molecule has 0 aromatic heterocycles. The van der Waals surface area contributed by atoms with Gasteiger partial charge in [-0.25, -0.2) is 4.39 Å². The molecule has 0 aliphatic carbocycles. The zero-order valence-corrected chi connectivity index (χ0v) is 12.2. The predicted molar refractivity (Wildman–Crippen MR) is 81.6 cm³/mol. The predicted octanol–water partition coefficient (Wildman–Crippen LogP) is 3.97. The van der Waals surface area contributed by atoms with Crippen LogP contribution in [-0.4, -0.2) is 17.4 Å². The summed E-state index contributed by atoms with van der Waals surface area (Å²) in [7, 11) is 0. The van der Waals surface area contributed by atoms with E-state index in [1.165, 1.54) is 23.1 Å². The van der Waals surface area contributed by atoms with E-state index in [2.05, 4.69) is 17.4 Å². The number of aromatic hydroxyl groups is 1. The van der Waals surface area contributed by atoms with E-state index in [0.29, 0.717) is 5.56 Å². The molecule has 1 unspecified atom stereocenters. The molecular formula is C16H18FNOS. The van der Waals surface area contributed by atoms with Crippen LogP contribution in [0.2, 0.25) is 0 Å². The van der Waals surface area contributed by atoms with Crippen molar-refractivity contribution in [3.8, 4) is 5.75 Å². The van der Waals surface area contributed by atoms with Gasteiger partial charge in [0.1, 0.15) is 11.6 Å². The number of rotatable bonds is 6. The molecule has 0 saturated carbocycles. The van der Waals surface area contributed by atoms with Crippen molar-refractivity contribution in [3.63, 3.8) is 0 Å². The van der Waals surface area contributed by atoms with Crippen LogP contribution in [0, 0.1) is 5.82 Å². The fraction of sp³-hybridized carbons (Fsp3) is 0.250. The molecule has 0 spiro atoms. The van der Waals surface area contributed by atoms with E-state index in [4.69, 9.17) is 0 Å². The highest BCUT2D eigenvalue weighted by atomic mass is 32.2. The Hall–Kier alpha value is -1.52. The van der Waals surface area contributed by atoms with E-state index in [9.17, 15) is 9.50 Å². The van der Waals surface area contributed by atoms with Gasteiger partial charge in [-0.1, -0.05) is 18.2 Å². The van der Waals surface area contributed by atoms with E-state index in [1.54, 1.807) is 11.8 Å². The Morgan fingerprint density at radius 1 is 1.20 bits per heavy atom. The van der Waals surface area contributed by atoms with E-state index in [1.807, 2.05) is 25.1 Å². The third-order valence-electron chi connectivity index (χ3n) is 3.02. The Bertz CT molecular complexity index is 547. The van der Waals surface area contributed by atoms with Gasteiger partial charge in [-0.15, -0.1) is 11.8 Å². The minimum atomic E-state index is -0.329. The number of hydrogen-bond donors (Lipinski definition) is 2. The lowest BCUT2D eigenvalue weighted by Crippen LogP contribution is -2.21. The van der Waals surface area contributed by atoms with Crippen molar-refractivity contribution in [3.05, 3.63) is 59.9 Å². The van der Waals surface area contributed by atoms with Gasteiger partial charge in [0.2, 0.25) is 0 Å². The first-order valence-electron chi connectivity index (χ1n) is 6.56. The number of phenolic OH excluding ortho intramolecular Hbond substituents is 1. The van der Waals surface area contributed by atoms with Crippen LogP contribution >= 0.6 is 11.8 Å². The third-order valence-corrected chi connectivity index (χ3v) is 4.03. The topological polar surface area (TPSA) is 32.3 Å². The summed E-state index contributed by atoms with van der Waals surface area (Å²) < 4.78 is 13.2. The standard InChI is InChI=1S/C16H18FNOS/c1-12(15-11-13(17)7-8-16(15)19)18-9-10-20-14-5-3-2-4-6-14/h2-8,11-12,18-19H,9-10H2,1H3. The van der Waals surface area contributed by atoms with Crippen LogP contribution in [-0.2, 0) is 0 Å². The molecule has 2 N–H and O–H groups in total. The normalized spacial score (nSPS) is 12.3. The van der Waals surface area contributed by atoms with Crippen LogP contribution in [0.3, 0.4) is 0 Å². The van der Waals surface area contributed by atoms with Crippen LogP contribution in [0.25, 0.3) is 0 Å². The van der Waals surface area contributed by atoms with E-state index < -0.39 is 0 Å². The zero-order valence-electron chi connectivity index (χ0n) is 11.3. The number of phenols is 1. The number of hydrogen-bond acceptors (Lipinski definition) is 3. The summed E-state index contributed by atoms with van der Waals surface area (Å²) >= 11 is 1.77. The van der Waals surface area contributed by atoms with Gasteiger partial charge in [0.05, 0.1) is 0 Å². The summed E-state index contributed by atoms with van der Waals surface area (Å²) in [5.74, 6) is 0.719. The van der Waals surface area contributed by atoms with Gasteiger partial charge >= 0.3 is 0 Å². The van der Waals surface area contributed by atoms with Crippen LogP contribution in [0.4, 0.5) is 4.39 Å². The van der Waals surface area contributed by atoms with Gasteiger partial charge in [0.15, 0.2) is 0 Å². The Balaban J connectivity index is 1.80. The number of halogens is 1. The quantitative estimate of drug-likeness (QED) is 0.624. The first kappa shape index (κ1) is 14.9. The van der Waals surface area contributed by atoms with Gasteiger partial charge in [-0.3, -0.25) is 0 Å². The maximum Gasteiger partial charge on any atom is 0.123 e. The highest BCUT2D eigenvalue weighted by Crippen LogP contribution is 2.24. The highest BCUT2D eigenvalue weighted by molar-refractivity contribution is 7.99. The van der Waals surface area contributed by atoms with Crippen molar-refractivity contribution in [2.75, 3.05) is 12.3 Å². The molecule has 0 radical (unpaired) electrons. The molecule has 0 aliphatic heterocycles. The number of benzene rings is 2. The van der Waals surface area contributed by atoms with E-state index >= 15 is 0 Å². The fourth-order valence-corrected chi connectivity index (χ4v) is 2.75. The molecule has 2 rings (SSSR count). The van der Waals surface area contributed by atoms with Crippen LogP contribution in [0.5, 0.6) is 5.75 Å². The maximum atomic E-state index is 13.2. The monoisotopic (exact) mass is 291 g/mol. The second kappa shape index (κ2) is 7.31. The van der Waals surface area contributed by atoms with E-state index in [0.717, 1.165) is 12.3 Å². The summed E-state index contributed by atoms with van der Waals surface area (Å²) in [6.07, 6.45) is 0. The van der Waals surface area contributed by atoms with Crippen molar-refractivity contribution >= 4 is 11.8 Å². The van der Waals surface area contributed by atoms with Crippen LogP contribution in [0.1, 0.15) is 18.5 Å². The maximum absolute atomic E-state index is 13.2. The average Bonchev–Trinajstić information content (AvgIpc) is 2.47. The number of thioether (sulfide) groups is 1. The molecular weight excluding hydrogens is 273 g/mol. The summed E-state index contributed by atoms with van der Waals surface area (Å²) in [6.45, 7) is 2.71. The molecule has 0 heterocycles. The van der Waals surface area contributed by atoms with E-state index in [-0.39, 0.29) is 17.6 Å². The molecule has 106 valence electrons. The zero-order chi connectivity index (χ0) is 14.4. The fourth-order valence-electron chi connectivity index (χ4n) is 1.94. The summed E-state index contributed by atoms with van der Waals surface area (Å²) in [6, 6.07) is 14.1. The van der Waals surface area contributed by atoms with Gasteiger partial charge < -0.3 is 10.4 Å². The van der Waals surface area contributed by atoms with Crippen molar-refractivity contribution in [2.24, 2.45) is 0 Å². The molecule has 0 fully saturated rings. The van der Waals surface area contributed by atoms with Gasteiger partial charge in [0.25, 0.3) is 0 Å². The molecule has 0 bridgehead atoms. The molecule has 2 aromatic carbocycles. The Labute approximate surface area is 123 Å². The second-order valence-corrected chi connectivity index (χ2v) is 5.71. The molecule has 1 atom stereocenters. The minimum Gasteiger partial charge on any atom is -0.508 e. The number of nitrogens with one attached hydrogen (secondary N) is 1. The summed E-state index contributed by atoms with van der Waals surface area (Å²) in [5, 5.41) is 13.0. The smallest absolute Gasteiger partial charge is 0.123 e. The molecule has 0 amide bonds. The highest BCUT2D eigenvalue weighted by Gasteiger charge is 2.10. The SMILES string of the molecule is CC(NCCSc1ccccc1)c1cc(F)ccc1O. The molecule has 2 nitrogen and oxygen atoms in total. The second-order valence-electron chi connectivity index (χ2n) is 4.54. The lowest BCUT2D eigenvalue weighted by atomic mass is 10.1. The van der Waals surface area contributed by atoms with Crippen molar-refractivity contribution in [2.45, 2.75) is 17.9 Å². The molecule has 4 heteroatoms. The molecule has 2 aromatic rings. The summed E-state index contributed by atoms with van der Waals surface area (Å²) in [4.78, 5) is 1.23. The largest absolute Gasteiger partial charge is 0.508 e. The van der Waals surface area contributed by atoms with Gasteiger partial charge in [-0.2, -0.15) is 0 Å². The molecule has 0 aliphatic rings. The van der Waals surface area contributed by atoms with Gasteiger partial charge in [-0.05, 0) is 37.3 Å². The van der Waals surface area contributed by atoms with Crippen molar-refractivity contribution in [1.82, 2.24) is 5.32 Å². The lowest BCUT2D eigenvalue weighted by Gasteiger charge is -2.15. The minimum absolute atomic E-state index is 0.0814. The van der Waals surface area contributed by atoms with Crippen LogP contribution < -0.4 is 5.32 Å². The van der Waals surface area contributed by atoms with Crippen molar-refractivity contribution < 1.29 is 9.50 Å². The third kappa shape index (κ3) is 4.25. The molecule has 20 heavy (non-hydrogen) atoms. The summed E-state index contributed by atoms with van der Waals surface area (Å²) in [5.41, 5.74) is 0.592. The Morgan fingerprint density at radius 3 is 2.70 bits per heavy atom.